The number of benzene rings is 1. The summed E-state index contributed by atoms with van der Waals surface area (Å²) in [5.74, 6) is 2.17. The molecular formula is C15H10ClN3O2S. The Hall–Kier alpha value is -2.36. The molecule has 0 N–H and O–H groups in total. The number of terminal acetylenes is 1. The van der Waals surface area contributed by atoms with Crippen LogP contribution in [0.1, 0.15) is 16.2 Å². The Morgan fingerprint density at radius 3 is 3.05 bits per heavy atom. The van der Waals surface area contributed by atoms with Gasteiger partial charge in [0.05, 0.1) is 22.5 Å². The molecule has 0 spiro atoms. The Kier molecular flexibility index (Phi) is 3.84. The van der Waals surface area contributed by atoms with E-state index in [1.807, 2.05) is 12.1 Å². The van der Waals surface area contributed by atoms with Crippen LogP contribution in [0.4, 0.5) is 0 Å². The van der Waals surface area contributed by atoms with E-state index in [1.54, 1.807) is 23.6 Å². The van der Waals surface area contributed by atoms with E-state index in [0.717, 1.165) is 10.2 Å². The number of nitrogens with zero attached hydrogens (tertiary/aromatic N) is 3. The summed E-state index contributed by atoms with van der Waals surface area (Å²) in [7, 11) is 0. The summed E-state index contributed by atoms with van der Waals surface area (Å²) in [5, 5.41) is 4.30. The number of aromatic nitrogens is 2. The number of hydrogen-bond acceptors (Lipinski definition) is 4. The van der Waals surface area contributed by atoms with Gasteiger partial charge in [-0.15, -0.1) is 6.42 Å². The monoisotopic (exact) mass is 331 g/mol. The number of thiazole rings is 1. The Morgan fingerprint density at radius 1 is 1.55 bits per heavy atom. The van der Waals surface area contributed by atoms with Crippen molar-refractivity contribution in [2.24, 2.45) is 4.99 Å². The van der Waals surface area contributed by atoms with Crippen LogP contribution >= 0.6 is 22.9 Å². The van der Waals surface area contributed by atoms with Crippen molar-refractivity contribution in [2.75, 3.05) is 0 Å². The Morgan fingerprint density at radius 2 is 2.36 bits per heavy atom. The number of hydrogen-bond donors (Lipinski definition) is 0. The summed E-state index contributed by atoms with van der Waals surface area (Å²) >= 11 is 7.34. The highest BCUT2D eigenvalue weighted by molar-refractivity contribution is 7.16. The molecule has 0 fully saturated rings. The predicted octanol–water partition coefficient (Wildman–Crippen LogP) is 3.03. The summed E-state index contributed by atoms with van der Waals surface area (Å²) in [4.78, 5) is 16.7. The lowest BCUT2D eigenvalue weighted by atomic mass is 10.3. The second kappa shape index (κ2) is 5.79. The van der Waals surface area contributed by atoms with Crippen LogP contribution in [0.15, 0.2) is 33.8 Å². The first kappa shape index (κ1) is 14.6. The zero-order valence-electron chi connectivity index (χ0n) is 11.5. The third-order valence-electron chi connectivity index (χ3n) is 2.93. The minimum Gasteiger partial charge on any atom is -0.351 e. The van der Waals surface area contributed by atoms with Gasteiger partial charge in [0.1, 0.15) is 0 Å². The van der Waals surface area contributed by atoms with Crippen LogP contribution in [0.5, 0.6) is 0 Å². The third kappa shape index (κ3) is 2.69. The van der Waals surface area contributed by atoms with Gasteiger partial charge in [-0.3, -0.25) is 4.79 Å². The molecule has 0 bridgehead atoms. The van der Waals surface area contributed by atoms with Crippen molar-refractivity contribution in [1.29, 1.82) is 0 Å². The van der Waals surface area contributed by atoms with Crippen molar-refractivity contribution in [3.8, 4) is 12.3 Å². The molecule has 2 aromatic heterocycles. The van der Waals surface area contributed by atoms with Crippen molar-refractivity contribution in [2.45, 2.75) is 13.5 Å². The molecule has 5 nitrogen and oxygen atoms in total. The molecule has 0 saturated carbocycles. The summed E-state index contributed by atoms with van der Waals surface area (Å²) in [6, 6.07) is 6.99. The smallest absolute Gasteiger partial charge is 0.318 e. The normalized spacial score (nSPS) is 11.8. The molecule has 0 unspecified atom stereocenters. The van der Waals surface area contributed by atoms with Gasteiger partial charge in [-0.2, -0.15) is 4.99 Å². The van der Waals surface area contributed by atoms with Gasteiger partial charge >= 0.3 is 5.91 Å². The zero-order chi connectivity index (χ0) is 15.7. The number of aryl methyl sites for hydroxylation is 1. The molecule has 1 aromatic carbocycles. The third-order valence-corrected chi connectivity index (χ3v) is 4.21. The van der Waals surface area contributed by atoms with Crippen LogP contribution in [0.25, 0.3) is 10.2 Å². The first-order valence-electron chi connectivity index (χ1n) is 6.33. The maximum atomic E-state index is 12.1. The first-order valence-corrected chi connectivity index (χ1v) is 7.52. The Balaban J connectivity index is 2.17. The highest BCUT2D eigenvalue weighted by Crippen LogP contribution is 2.21. The van der Waals surface area contributed by atoms with Crippen LogP contribution < -0.4 is 4.80 Å². The van der Waals surface area contributed by atoms with E-state index in [0.29, 0.717) is 22.1 Å². The lowest BCUT2D eigenvalue weighted by Crippen LogP contribution is -2.16. The fourth-order valence-corrected chi connectivity index (χ4v) is 3.29. The molecule has 2 heterocycles. The number of fused-ring (bicyclic) bond motifs is 1. The van der Waals surface area contributed by atoms with Crippen molar-refractivity contribution < 1.29 is 9.32 Å². The first-order chi connectivity index (χ1) is 10.6. The van der Waals surface area contributed by atoms with E-state index >= 15 is 0 Å². The number of halogens is 1. The minimum absolute atomic E-state index is 0.0975. The largest absolute Gasteiger partial charge is 0.351 e. The molecule has 0 radical (unpaired) electrons. The summed E-state index contributed by atoms with van der Waals surface area (Å²) in [5.41, 5.74) is 1.51. The molecule has 22 heavy (non-hydrogen) atoms. The molecule has 0 aliphatic carbocycles. The van der Waals surface area contributed by atoms with Gasteiger partial charge in [-0.05, 0) is 25.1 Å². The molecular weight excluding hydrogens is 322 g/mol. The minimum atomic E-state index is -0.496. The van der Waals surface area contributed by atoms with Gasteiger partial charge < -0.3 is 9.09 Å². The van der Waals surface area contributed by atoms with Gasteiger partial charge in [0.15, 0.2) is 4.80 Å². The molecule has 7 heteroatoms. The Labute approximate surface area is 134 Å². The van der Waals surface area contributed by atoms with E-state index < -0.39 is 5.91 Å². The molecule has 0 atom stereocenters. The van der Waals surface area contributed by atoms with E-state index in [1.165, 1.54) is 11.3 Å². The lowest BCUT2D eigenvalue weighted by Gasteiger charge is -1.99. The summed E-state index contributed by atoms with van der Waals surface area (Å²) in [6.07, 6.45) is 5.41. The number of rotatable bonds is 2. The van der Waals surface area contributed by atoms with Crippen LogP contribution in [0.2, 0.25) is 5.02 Å². The number of amides is 1. The van der Waals surface area contributed by atoms with Gasteiger partial charge in [0, 0.05) is 11.1 Å². The second-order valence-corrected chi connectivity index (χ2v) is 5.98. The van der Waals surface area contributed by atoms with Gasteiger partial charge in [-0.1, -0.05) is 34.0 Å². The second-order valence-electron chi connectivity index (χ2n) is 4.54. The van der Waals surface area contributed by atoms with Crippen molar-refractivity contribution in [3.63, 3.8) is 0 Å². The topological polar surface area (TPSA) is 60.4 Å². The maximum absolute atomic E-state index is 12.1. The molecule has 3 rings (SSSR count). The molecule has 0 aliphatic rings. The predicted molar refractivity (Wildman–Crippen MR) is 84.8 cm³/mol. The molecule has 0 aliphatic heterocycles. The molecule has 0 saturated heterocycles. The summed E-state index contributed by atoms with van der Waals surface area (Å²) < 4.78 is 7.63. The van der Waals surface area contributed by atoms with Crippen LogP contribution in [-0.4, -0.2) is 15.6 Å². The fourth-order valence-electron chi connectivity index (χ4n) is 1.98. The quantitative estimate of drug-likeness (QED) is 0.678. The van der Waals surface area contributed by atoms with Crippen molar-refractivity contribution in [1.82, 2.24) is 9.72 Å². The molecule has 110 valence electrons. The number of carbonyl (C=O) groups is 1. The average molecular weight is 332 g/mol. The van der Waals surface area contributed by atoms with Crippen LogP contribution in [0, 0.1) is 19.3 Å². The van der Waals surface area contributed by atoms with E-state index in [4.69, 9.17) is 22.5 Å². The lowest BCUT2D eigenvalue weighted by molar-refractivity contribution is 0.0962. The molecule has 3 aromatic rings. The standard InChI is InChI=1S/C15H10ClN3O2S/c1-3-6-19-11-5-4-10(16)8-13(11)22-15(19)17-14(20)12-7-9(2)18-21-12/h1,4-5,7-8H,6H2,2H3. The maximum Gasteiger partial charge on any atom is 0.318 e. The van der Waals surface area contributed by atoms with E-state index in [-0.39, 0.29) is 5.76 Å². The van der Waals surface area contributed by atoms with Crippen molar-refractivity contribution >= 4 is 39.1 Å². The number of carbonyl (C=O) groups excluding carboxylic acids is 1. The fraction of sp³-hybridized carbons (Fsp3) is 0.133. The van der Waals surface area contributed by atoms with Gasteiger partial charge in [0.2, 0.25) is 5.76 Å². The van der Waals surface area contributed by atoms with Crippen molar-refractivity contribution in [3.05, 3.63) is 45.5 Å². The highest BCUT2D eigenvalue weighted by Gasteiger charge is 2.12. The highest BCUT2D eigenvalue weighted by atomic mass is 35.5. The van der Waals surface area contributed by atoms with Gasteiger partial charge in [0.25, 0.3) is 0 Å². The van der Waals surface area contributed by atoms with Crippen LogP contribution in [0.3, 0.4) is 0 Å². The SMILES string of the molecule is C#CCn1c(=NC(=O)c2cc(C)no2)sc2cc(Cl)ccc21. The molecule has 1 amide bonds. The van der Waals surface area contributed by atoms with E-state index in [9.17, 15) is 4.79 Å². The van der Waals surface area contributed by atoms with E-state index in [2.05, 4.69) is 16.1 Å². The summed E-state index contributed by atoms with van der Waals surface area (Å²) in [6.45, 7) is 2.05. The Bertz CT molecular complexity index is 975. The van der Waals surface area contributed by atoms with Crippen LogP contribution in [-0.2, 0) is 6.54 Å². The average Bonchev–Trinajstić information content (AvgIpc) is 3.04. The zero-order valence-corrected chi connectivity index (χ0v) is 13.1. The van der Waals surface area contributed by atoms with Gasteiger partial charge in [-0.25, -0.2) is 0 Å².